The lowest BCUT2D eigenvalue weighted by Crippen LogP contribution is -2.39. The predicted octanol–water partition coefficient (Wildman–Crippen LogP) is 8.02. The molecule has 0 unspecified atom stereocenters. The average Bonchev–Trinajstić information content (AvgIpc) is 2.96. The Morgan fingerprint density at radius 3 is 1.91 bits per heavy atom. The zero-order valence-corrected chi connectivity index (χ0v) is 28.4. The van der Waals surface area contributed by atoms with Crippen molar-refractivity contribution in [1.29, 1.82) is 0 Å². The Hall–Kier alpha value is -5.12. The van der Waals surface area contributed by atoms with E-state index in [-0.39, 0.29) is 29.6 Å². The Morgan fingerprint density at radius 1 is 0.702 bits per heavy atom. The highest BCUT2D eigenvalue weighted by Crippen LogP contribution is 2.35. The molecule has 10 nitrogen and oxygen atoms in total. The van der Waals surface area contributed by atoms with Crippen molar-refractivity contribution in [2.24, 2.45) is 9.98 Å². The van der Waals surface area contributed by atoms with E-state index < -0.39 is 0 Å². The van der Waals surface area contributed by atoms with Gasteiger partial charge in [0.1, 0.15) is 12.1 Å². The summed E-state index contributed by atoms with van der Waals surface area (Å²) < 4.78 is 1.62. The first-order valence-corrected chi connectivity index (χ1v) is 15.1. The second kappa shape index (κ2) is 13.7. The van der Waals surface area contributed by atoms with Crippen LogP contribution in [0, 0.1) is 0 Å². The molecule has 0 amide bonds. The van der Waals surface area contributed by atoms with Crippen molar-refractivity contribution < 1.29 is 0 Å². The van der Waals surface area contributed by atoms with Gasteiger partial charge in [0.05, 0.1) is 23.8 Å². The summed E-state index contributed by atoms with van der Waals surface area (Å²) in [6.45, 7) is 26.9. The number of nitrogens with zero attached hydrogens (tertiary/aromatic N) is 8. The SMILES string of the molecule is C.C=C1c2ccc(N)nc2N=CN1C(C)(C)C.C=C1c2ccccc2N=CN1C(C)(C)C.CC(C)(C)n1cnc2ncccc2c1=O. The molecule has 0 saturated heterocycles. The van der Waals surface area contributed by atoms with Gasteiger partial charge in [-0.1, -0.05) is 38.8 Å². The summed E-state index contributed by atoms with van der Waals surface area (Å²) in [7, 11) is 0. The van der Waals surface area contributed by atoms with E-state index in [1.807, 2.05) is 56.3 Å². The van der Waals surface area contributed by atoms with Gasteiger partial charge in [-0.25, -0.2) is 24.9 Å². The minimum absolute atomic E-state index is 0. The third kappa shape index (κ3) is 8.19. The van der Waals surface area contributed by atoms with Crippen LogP contribution in [0.4, 0.5) is 17.3 Å². The molecule has 4 aromatic rings. The molecule has 5 heterocycles. The van der Waals surface area contributed by atoms with Crippen LogP contribution in [-0.2, 0) is 5.54 Å². The smallest absolute Gasteiger partial charge is 0.263 e. The molecule has 10 heteroatoms. The molecule has 1 aromatic carbocycles. The van der Waals surface area contributed by atoms with Crippen LogP contribution in [0.3, 0.4) is 0 Å². The normalized spacial score (nSPS) is 13.9. The van der Waals surface area contributed by atoms with Gasteiger partial charge < -0.3 is 15.5 Å². The van der Waals surface area contributed by atoms with Crippen molar-refractivity contribution in [2.45, 2.75) is 86.4 Å². The quantitative estimate of drug-likeness (QED) is 0.208. The molecule has 0 spiro atoms. The molecule has 0 bridgehead atoms. The van der Waals surface area contributed by atoms with Gasteiger partial charge in [-0.3, -0.25) is 9.36 Å². The maximum absolute atomic E-state index is 12.1. The van der Waals surface area contributed by atoms with E-state index in [1.54, 1.807) is 41.6 Å². The topological polar surface area (TPSA) is 118 Å². The third-order valence-corrected chi connectivity index (χ3v) is 7.31. The fourth-order valence-electron chi connectivity index (χ4n) is 4.84. The van der Waals surface area contributed by atoms with Gasteiger partial charge in [0.25, 0.3) is 5.56 Å². The lowest BCUT2D eigenvalue weighted by Gasteiger charge is -2.37. The number of rotatable bonds is 0. The number of hydrogen-bond donors (Lipinski definition) is 1. The molecule has 2 aliphatic rings. The molecular formula is C37H49N9O. The standard InChI is InChI=1S/C13H16N2.C12H16N4.C11H13N3O.CH4/c1-10-11-7-5-6-8-12(11)14-9-15(10)13(2,3)4;1-8-9-5-6-10(13)15-11(9)14-7-16(8)12(2,3)4;1-11(2,3)14-7-13-9-8(10(14)15)5-4-6-12-9;/h5-9H,1H2,2-4H3;5-7H,1H2,2-4H3,(H2,13,15);4-7H,1-3H3;1H4. The summed E-state index contributed by atoms with van der Waals surface area (Å²) in [4.78, 5) is 37.3. The summed E-state index contributed by atoms with van der Waals surface area (Å²) in [5.41, 5.74) is 10.8. The Morgan fingerprint density at radius 2 is 1.30 bits per heavy atom. The van der Waals surface area contributed by atoms with Crippen LogP contribution in [0.2, 0.25) is 0 Å². The van der Waals surface area contributed by atoms with Crippen LogP contribution in [0.25, 0.3) is 22.4 Å². The highest BCUT2D eigenvalue weighted by molar-refractivity contribution is 5.87. The van der Waals surface area contributed by atoms with Gasteiger partial charge in [0.15, 0.2) is 11.5 Å². The van der Waals surface area contributed by atoms with Crippen LogP contribution < -0.4 is 11.3 Å². The van der Waals surface area contributed by atoms with Gasteiger partial charge in [-0.2, -0.15) is 0 Å². The summed E-state index contributed by atoms with van der Waals surface area (Å²) in [5, 5.41) is 0.565. The van der Waals surface area contributed by atoms with Gasteiger partial charge >= 0.3 is 0 Å². The summed E-state index contributed by atoms with van der Waals surface area (Å²) in [6.07, 6.45) is 6.82. The van der Waals surface area contributed by atoms with Crippen molar-refractivity contribution in [3.05, 3.63) is 95.7 Å². The first-order chi connectivity index (χ1) is 21.4. The second-order valence-corrected chi connectivity index (χ2v) is 14.1. The summed E-state index contributed by atoms with van der Waals surface area (Å²) >= 11 is 0. The second-order valence-electron chi connectivity index (χ2n) is 14.1. The molecule has 47 heavy (non-hydrogen) atoms. The van der Waals surface area contributed by atoms with Gasteiger partial charge in [0, 0.05) is 45.3 Å². The molecule has 0 radical (unpaired) electrons. The lowest BCUT2D eigenvalue weighted by molar-refractivity contribution is 0.334. The van der Waals surface area contributed by atoms with E-state index in [2.05, 4.69) is 90.6 Å². The van der Waals surface area contributed by atoms with Crippen LogP contribution in [0.15, 0.2) is 89.0 Å². The Labute approximate surface area is 279 Å². The maximum Gasteiger partial charge on any atom is 0.263 e. The number of pyridine rings is 2. The van der Waals surface area contributed by atoms with E-state index in [0.717, 1.165) is 28.2 Å². The fraction of sp³-hybridized carbons (Fsp3) is 0.351. The van der Waals surface area contributed by atoms with Crippen molar-refractivity contribution in [3.8, 4) is 0 Å². The molecule has 248 valence electrons. The van der Waals surface area contributed by atoms with E-state index in [0.29, 0.717) is 22.7 Å². The van der Waals surface area contributed by atoms with Crippen molar-refractivity contribution in [1.82, 2.24) is 29.3 Å². The van der Waals surface area contributed by atoms with Crippen molar-refractivity contribution in [3.63, 3.8) is 0 Å². The number of hydrogen-bond acceptors (Lipinski definition) is 9. The highest BCUT2D eigenvalue weighted by atomic mass is 16.1. The Bertz CT molecular complexity index is 1880. The zero-order valence-electron chi connectivity index (χ0n) is 28.4. The summed E-state index contributed by atoms with van der Waals surface area (Å²) in [5.74, 6) is 1.12. The van der Waals surface area contributed by atoms with E-state index in [9.17, 15) is 4.79 Å². The number of anilines is 1. The maximum atomic E-state index is 12.1. The number of aliphatic imine (C=N–C) groups is 2. The first kappa shape index (κ1) is 36.3. The predicted molar refractivity (Wildman–Crippen MR) is 198 cm³/mol. The molecule has 2 aliphatic heterocycles. The minimum atomic E-state index is -0.256. The fourth-order valence-corrected chi connectivity index (χ4v) is 4.84. The molecule has 3 aromatic heterocycles. The van der Waals surface area contributed by atoms with Gasteiger partial charge in [-0.15, -0.1) is 0 Å². The molecule has 0 fully saturated rings. The monoisotopic (exact) mass is 635 g/mol. The minimum Gasteiger partial charge on any atom is -0.384 e. The number of aromatic nitrogens is 4. The van der Waals surface area contributed by atoms with Crippen LogP contribution in [-0.4, -0.2) is 53.1 Å². The highest BCUT2D eigenvalue weighted by Gasteiger charge is 2.27. The van der Waals surface area contributed by atoms with Crippen molar-refractivity contribution >= 4 is 52.4 Å². The third-order valence-electron chi connectivity index (χ3n) is 7.31. The Kier molecular flexibility index (Phi) is 10.6. The molecule has 0 saturated carbocycles. The molecule has 0 aliphatic carbocycles. The van der Waals surface area contributed by atoms with E-state index in [4.69, 9.17) is 5.73 Å². The number of benzene rings is 1. The average molecular weight is 636 g/mol. The number of fused-ring (bicyclic) bond motifs is 3. The Balaban J connectivity index is 0.000000190. The van der Waals surface area contributed by atoms with Crippen molar-refractivity contribution in [2.75, 3.05) is 5.73 Å². The van der Waals surface area contributed by atoms with Crippen LogP contribution in [0.5, 0.6) is 0 Å². The number of para-hydroxylation sites is 1. The lowest BCUT2D eigenvalue weighted by atomic mass is 10.0. The van der Waals surface area contributed by atoms with Crippen LogP contribution >= 0.6 is 0 Å². The number of nitrogens with two attached hydrogens (primary N) is 1. The molecule has 0 atom stereocenters. The van der Waals surface area contributed by atoms with Crippen LogP contribution in [0.1, 0.15) is 80.9 Å². The first-order valence-electron chi connectivity index (χ1n) is 15.1. The number of nitrogen functional groups attached to an aromatic ring is 1. The zero-order chi connectivity index (χ0) is 34.0. The van der Waals surface area contributed by atoms with Gasteiger partial charge in [-0.05, 0) is 92.6 Å². The van der Waals surface area contributed by atoms with Gasteiger partial charge in [0.2, 0.25) is 0 Å². The largest absolute Gasteiger partial charge is 0.384 e. The summed E-state index contributed by atoms with van der Waals surface area (Å²) in [6, 6.07) is 15.3. The molecule has 6 rings (SSSR count). The van der Waals surface area contributed by atoms with E-state index in [1.165, 1.54) is 0 Å². The molecule has 2 N–H and O–H groups in total. The molecular weight excluding hydrogens is 586 g/mol. The van der Waals surface area contributed by atoms with E-state index >= 15 is 0 Å².